The summed E-state index contributed by atoms with van der Waals surface area (Å²) in [7, 11) is 1.57. The van der Waals surface area contributed by atoms with E-state index < -0.39 is 18.1 Å². The van der Waals surface area contributed by atoms with Crippen LogP contribution in [-0.2, 0) is 14.3 Å². The first-order valence-electron chi connectivity index (χ1n) is 6.65. The minimum absolute atomic E-state index is 0.316. The summed E-state index contributed by atoms with van der Waals surface area (Å²) in [6.45, 7) is 1.26. The molecule has 0 aliphatic carbocycles. The number of hydrogen-bond donors (Lipinski definition) is 0. The summed E-state index contributed by atoms with van der Waals surface area (Å²) < 4.78 is 15.4. The van der Waals surface area contributed by atoms with Gasteiger partial charge in [0.1, 0.15) is 12.0 Å². The van der Waals surface area contributed by atoms with Crippen LogP contribution in [0.5, 0.6) is 5.75 Å². The molecule has 1 saturated heterocycles. The van der Waals surface area contributed by atoms with E-state index in [-0.39, 0.29) is 5.91 Å². The molecule has 1 aromatic heterocycles. The topological polar surface area (TPSA) is 81.9 Å². The van der Waals surface area contributed by atoms with Crippen molar-refractivity contribution in [1.82, 2.24) is 4.98 Å². The Morgan fingerprint density at radius 2 is 2.05 bits per heavy atom. The molecule has 1 aliphatic rings. The van der Waals surface area contributed by atoms with Crippen molar-refractivity contribution in [3.63, 3.8) is 0 Å². The van der Waals surface area contributed by atoms with Crippen molar-refractivity contribution in [3.05, 3.63) is 42.6 Å². The lowest BCUT2D eigenvalue weighted by atomic mass is 9.96. The number of anilines is 1. The van der Waals surface area contributed by atoms with E-state index in [2.05, 4.69) is 4.98 Å². The second-order valence-electron chi connectivity index (χ2n) is 4.75. The van der Waals surface area contributed by atoms with Gasteiger partial charge in [-0.1, -0.05) is 0 Å². The largest absolute Gasteiger partial charge is 0.497 e. The van der Waals surface area contributed by atoms with Gasteiger partial charge in [-0.2, -0.15) is 0 Å². The van der Waals surface area contributed by atoms with E-state index in [1.807, 2.05) is 0 Å². The number of β-lactam (4-membered cyclic amide) rings is 1. The highest BCUT2D eigenvalue weighted by atomic mass is 16.6. The molecule has 114 valence electrons. The Bertz CT molecular complexity index is 680. The summed E-state index contributed by atoms with van der Waals surface area (Å²) in [5.41, 5.74) is 0.650. The molecule has 2 aromatic rings. The third-order valence-electron chi connectivity index (χ3n) is 3.39. The smallest absolute Gasteiger partial charge is 0.303 e. The molecule has 1 aromatic carbocycles. The number of amides is 1. The molecule has 1 fully saturated rings. The number of hydrogen-bond acceptors (Lipinski definition) is 6. The van der Waals surface area contributed by atoms with Crippen LogP contribution in [0.1, 0.15) is 18.9 Å². The number of ether oxygens (including phenoxy) is 2. The molecule has 2 atom stereocenters. The summed E-state index contributed by atoms with van der Waals surface area (Å²) in [6, 6.07) is 6.41. The predicted octanol–water partition coefficient (Wildman–Crippen LogP) is 1.70. The lowest BCUT2D eigenvalue weighted by molar-refractivity contribution is -0.161. The van der Waals surface area contributed by atoms with Crippen molar-refractivity contribution in [2.75, 3.05) is 12.0 Å². The maximum absolute atomic E-state index is 12.3. The zero-order valence-electron chi connectivity index (χ0n) is 12.1. The highest BCUT2D eigenvalue weighted by molar-refractivity contribution is 6.05. The van der Waals surface area contributed by atoms with E-state index in [1.54, 1.807) is 31.4 Å². The molecule has 7 nitrogen and oxygen atoms in total. The molecule has 7 heteroatoms. The van der Waals surface area contributed by atoms with Crippen molar-refractivity contribution < 1.29 is 23.5 Å². The molecule has 0 spiro atoms. The maximum Gasteiger partial charge on any atom is 0.303 e. The van der Waals surface area contributed by atoms with Crippen molar-refractivity contribution in [1.29, 1.82) is 0 Å². The Balaban J connectivity index is 1.91. The van der Waals surface area contributed by atoms with Gasteiger partial charge in [0.05, 0.1) is 13.3 Å². The standard InChI is InChI=1S/C15H14N2O5/c1-9(18)22-13-12(14-16-7-8-21-14)17(15(13)19)10-3-5-11(20-2)6-4-10/h3-8,12-13H,1-2H3. The van der Waals surface area contributed by atoms with Gasteiger partial charge in [-0.25, -0.2) is 4.98 Å². The molecule has 2 heterocycles. The van der Waals surface area contributed by atoms with E-state index in [4.69, 9.17) is 13.9 Å². The molecule has 1 amide bonds. The summed E-state index contributed by atoms with van der Waals surface area (Å²) in [5, 5.41) is 0. The number of rotatable bonds is 4. The van der Waals surface area contributed by atoms with Crippen LogP contribution < -0.4 is 9.64 Å². The number of methoxy groups -OCH3 is 1. The summed E-state index contributed by atoms with van der Waals surface area (Å²) in [4.78, 5) is 29.0. The van der Waals surface area contributed by atoms with E-state index in [9.17, 15) is 9.59 Å². The number of aromatic nitrogens is 1. The third kappa shape index (κ3) is 2.30. The van der Waals surface area contributed by atoms with Gasteiger partial charge < -0.3 is 13.9 Å². The zero-order chi connectivity index (χ0) is 15.7. The van der Waals surface area contributed by atoms with E-state index >= 15 is 0 Å². The quantitative estimate of drug-likeness (QED) is 0.631. The van der Waals surface area contributed by atoms with Gasteiger partial charge >= 0.3 is 5.97 Å². The highest BCUT2D eigenvalue weighted by Crippen LogP contribution is 2.40. The highest BCUT2D eigenvalue weighted by Gasteiger charge is 2.53. The maximum atomic E-state index is 12.3. The molecule has 0 N–H and O–H groups in total. The minimum atomic E-state index is -0.918. The van der Waals surface area contributed by atoms with Gasteiger partial charge in [-0.05, 0) is 24.3 Å². The van der Waals surface area contributed by atoms with E-state index in [0.29, 0.717) is 17.3 Å². The Labute approximate surface area is 126 Å². The summed E-state index contributed by atoms with van der Waals surface area (Å²) >= 11 is 0. The molecule has 0 bridgehead atoms. The molecule has 0 saturated carbocycles. The second kappa shape index (κ2) is 5.51. The van der Waals surface area contributed by atoms with Gasteiger partial charge in [-0.3, -0.25) is 14.5 Å². The fourth-order valence-electron chi connectivity index (χ4n) is 2.41. The monoisotopic (exact) mass is 302 g/mol. The van der Waals surface area contributed by atoms with Gasteiger partial charge in [0.15, 0.2) is 6.04 Å². The van der Waals surface area contributed by atoms with Crippen molar-refractivity contribution >= 4 is 17.6 Å². The van der Waals surface area contributed by atoms with Gasteiger partial charge in [-0.15, -0.1) is 0 Å². The second-order valence-corrected chi connectivity index (χ2v) is 4.75. The van der Waals surface area contributed by atoms with E-state index in [0.717, 1.165) is 0 Å². The average Bonchev–Trinajstić information content (AvgIpc) is 3.03. The fraction of sp³-hybridized carbons (Fsp3) is 0.267. The van der Waals surface area contributed by atoms with Crippen LogP contribution in [0.4, 0.5) is 5.69 Å². The first-order chi connectivity index (χ1) is 10.6. The zero-order valence-corrected chi connectivity index (χ0v) is 12.1. The van der Waals surface area contributed by atoms with Crippen LogP contribution >= 0.6 is 0 Å². The molecular weight excluding hydrogens is 288 g/mol. The first-order valence-corrected chi connectivity index (χ1v) is 6.65. The number of carbonyl (C=O) groups is 2. The molecule has 3 rings (SSSR count). The third-order valence-corrected chi connectivity index (χ3v) is 3.39. The first kappa shape index (κ1) is 14.1. The van der Waals surface area contributed by atoms with Crippen LogP contribution in [0.3, 0.4) is 0 Å². The lowest BCUT2D eigenvalue weighted by Gasteiger charge is -2.43. The van der Waals surface area contributed by atoms with E-state index in [1.165, 1.54) is 24.3 Å². The molecular formula is C15H14N2O5. The van der Waals surface area contributed by atoms with Crippen LogP contribution in [-0.4, -0.2) is 30.1 Å². The predicted molar refractivity (Wildman–Crippen MR) is 75.3 cm³/mol. The summed E-state index contributed by atoms with van der Waals surface area (Å²) in [5.74, 6) is 0.162. The molecule has 22 heavy (non-hydrogen) atoms. The van der Waals surface area contributed by atoms with Gasteiger partial charge in [0.2, 0.25) is 12.0 Å². The van der Waals surface area contributed by atoms with Crippen molar-refractivity contribution in [2.24, 2.45) is 0 Å². The summed E-state index contributed by atoms with van der Waals surface area (Å²) in [6.07, 6.45) is 1.97. The lowest BCUT2D eigenvalue weighted by Crippen LogP contribution is -2.60. The Morgan fingerprint density at radius 1 is 1.32 bits per heavy atom. The number of benzene rings is 1. The normalized spacial score (nSPS) is 20.5. The van der Waals surface area contributed by atoms with Crippen LogP contribution in [0.25, 0.3) is 0 Å². The number of esters is 1. The van der Waals surface area contributed by atoms with Crippen LogP contribution in [0, 0.1) is 0 Å². The van der Waals surface area contributed by atoms with Crippen molar-refractivity contribution in [2.45, 2.75) is 19.1 Å². The van der Waals surface area contributed by atoms with Crippen molar-refractivity contribution in [3.8, 4) is 5.75 Å². The van der Waals surface area contributed by atoms with Crippen LogP contribution in [0.2, 0.25) is 0 Å². The minimum Gasteiger partial charge on any atom is -0.497 e. The Kier molecular flexibility index (Phi) is 3.54. The van der Waals surface area contributed by atoms with Gasteiger partial charge in [0, 0.05) is 12.6 Å². The van der Waals surface area contributed by atoms with Crippen LogP contribution in [0.15, 0.2) is 41.1 Å². The number of oxazole rings is 1. The number of carbonyl (C=O) groups excluding carboxylic acids is 2. The Morgan fingerprint density at radius 3 is 2.59 bits per heavy atom. The molecule has 2 unspecified atom stereocenters. The molecule has 0 radical (unpaired) electrons. The Hall–Kier alpha value is -2.83. The SMILES string of the molecule is COc1ccc(N2C(=O)C(OC(C)=O)C2c2ncco2)cc1. The van der Waals surface area contributed by atoms with Gasteiger partial charge in [0.25, 0.3) is 5.91 Å². The fourth-order valence-corrected chi connectivity index (χ4v) is 2.41. The molecule has 1 aliphatic heterocycles. The average molecular weight is 302 g/mol. The number of nitrogens with zero attached hydrogens (tertiary/aromatic N) is 2.